The van der Waals surface area contributed by atoms with Crippen molar-refractivity contribution in [1.82, 2.24) is 9.97 Å². The maximum atomic E-state index is 12.5. The summed E-state index contributed by atoms with van der Waals surface area (Å²) in [6.07, 6.45) is 3.33. The number of hydrogen-bond donors (Lipinski definition) is 2. The number of hydrogen-bond acceptors (Lipinski definition) is 3. The number of rotatable bonds is 5. The van der Waals surface area contributed by atoms with Gasteiger partial charge in [-0.25, -0.2) is 4.98 Å². The molecule has 0 fully saturated rings. The summed E-state index contributed by atoms with van der Waals surface area (Å²) in [5.41, 5.74) is 1.71. The highest BCUT2D eigenvalue weighted by Crippen LogP contribution is 2.18. The first-order valence-electron chi connectivity index (χ1n) is 8.74. The summed E-state index contributed by atoms with van der Waals surface area (Å²) in [6, 6.07) is 7.74. The Morgan fingerprint density at radius 3 is 2.36 bits per heavy atom. The van der Waals surface area contributed by atoms with E-state index in [0.717, 1.165) is 19.3 Å². The van der Waals surface area contributed by atoms with Gasteiger partial charge in [-0.3, -0.25) is 9.59 Å². The summed E-state index contributed by atoms with van der Waals surface area (Å²) in [6.45, 7) is 9.74. The van der Waals surface area contributed by atoms with Crippen LogP contribution < -0.4 is 10.9 Å². The summed E-state index contributed by atoms with van der Waals surface area (Å²) >= 11 is 0. The quantitative estimate of drug-likeness (QED) is 0.864. The lowest BCUT2D eigenvalue weighted by Crippen LogP contribution is -2.30. The molecule has 1 aromatic heterocycles. The van der Waals surface area contributed by atoms with Gasteiger partial charge in [0, 0.05) is 11.1 Å². The van der Waals surface area contributed by atoms with E-state index in [4.69, 9.17) is 0 Å². The van der Waals surface area contributed by atoms with Crippen molar-refractivity contribution in [3.63, 3.8) is 0 Å². The average molecular weight is 341 g/mol. The van der Waals surface area contributed by atoms with E-state index in [2.05, 4.69) is 22.2 Å². The first-order valence-corrected chi connectivity index (χ1v) is 8.74. The molecule has 2 rings (SSSR count). The second kappa shape index (κ2) is 7.64. The van der Waals surface area contributed by atoms with Crippen molar-refractivity contribution in [3.05, 3.63) is 57.3 Å². The molecule has 0 radical (unpaired) electrons. The topological polar surface area (TPSA) is 74.8 Å². The van der Waals surface area contributed by atoms with Crippen LogP contribution in [0.25, 0.3) is 0 Å². The van der Waals surface area contributed by atoms with Gasteiger partial charge in [0.15, 0.2) is 0 Å². The summed E-state index contributed by atoms with van der Waals surface area (Å²) < 4.78 is 0. The normalized spacial score (nSPS) is 11.4. The monoisotopic (exact) mass is 341 g/mol. The fraction of sp³-hybridized carbons (Fsp3) is 0.450. The van der Waals surface area contributed by atoms with Crippen molar-refractivity contribution >= 4 is 11.6 Å². The molecule has 0 unspecified atom stereocenters. The Bertz CT molecular complexity index is 799. The van der Waals surface area contributed by atoms with Gasteiger partial charge in [-0.1, -0.05) is 46.2 Å². The Morgan fingerprint density at radius 1 is 1.20 bits per heavy atom. The van der Waals surface area contributed by atoms with Gasteiger partial charge >= 0.3 is 0 Å². The lowest BCUT2D eigenvalue weighted by molar-refractivity contribution is 0.102. The highest BCUT2D eigenvalue weighted by molar-refractivity contribution is 6.04. The molecule has 1 heterocycles. The minimum absolute atomic E-state index is 0.0584. The number of nitrogens with one attached hydrogen (secondary N) is 2. The number of carbonyl (C=O) groups excluding carboxylic acids is 1. The number of unbranched alkanes of at least 4 members (excludes halogenated alkanes) is 1. The molecule has 0 spiro atoms. The number of carbonyl (C=O) groups is 1. The maximum Gasteiger partial charge on any atom is 0.264 e. The average Bonchev–Trinajstić information content (AvgIpc) is 2.52. The number of aromatic nitrogens is 2. The molecule has 25 heavy (non-hydrogen) atoms. The van der Waals surface area contributed by atoms with Crippen LogP contribution in [0, 0.1) is 6.92 Å². The van der Waals surface area contributed by atoms with E-state index in [1.807, 2.05) is 45.0 Å². The maximum absolute atomic E-state index is 12.5. The van der Waals surface area contributed by atoms with E-state index in [1.165, 1.54) is 5.56 Å². The molecule has 134 valence electrons. The standard InChI is InChI=1S/C20H27N3O2/c1-6-7-8-14-9-11-15(12-10-14)22-17(24)16-13(2)21-19(20(3,4)5)23-18(16)25/h9-12H,6-8H2,1-5H3,(H,22,24)(H,21,23,25). The van der Waals surface area contributed by atoms with Crippen LogP contribution in [0.1, 0.15) is 68.0 Å². The number of aromatic amines is 1. The molecule has 0 aliphatic rings. The van der Waals surface area contributed by atoms with Crippen LogP contribution in [0.3, 0.4) is 0 Å². The van der Waals surface area contributed by atoms with Gasteiger partial charge in [-0.2, -0.15) is 0 Å². The predicted octanol–water partition coefficient (Wildman–Crippen LogP) is 3.97. The van der Waals surface area contributed by atoms with Crippen molar-refractivity contribution in [2.45, 2.75) is 59.3 Å². The summed E-state index contributed by atoms with van der Waals surface area (Å²) in [4.78, 5) is 32.0. The summed E-state index contributed by atoms with van der Waals surface area (Å²) in [5, 5.41) is 2.78. The van der Waals surface area contributed by atoms with Crippen LogP contribution in [0.15, 0.2) is 29.1 Å². The zero-order chi connectivity index (χ0) is 18.6. The van der Waals surface area contributed by atoms with Crippen molar-refractivity contribution < 1.29 is 4.79 Å². The Labute approximate surface area is 148 Å². The second-order valence-electron chi connectivity index (χ2n) is 7.38. The molecule has 5 heteroatoms. The van der Waals surface area contributed by atoms with E-state index in [9.17, 15) is 9.59 Å². The van der Waals surface area contributed by atoms with Gasteiger partial charge in [-0.15, -0.1) is 0 Å². The Hall–Kier alpha value is -2.43. The van der Waals surface area contributed by atoms with Gasteiger partial charge in [0.2, 0.25) is 0 Å². The highest BCUT2D eigenvalue weighted by Gasteiger charge is 2.22. The number of nitrogens with zero attached hydrogens (tertiary/aromatic N) is 1. The molecule has 0 saturated carbocycles. The molecular formula is C20H27N3O2. The van der Waals surface area contributed by atoms with E-state index < -0.39 is 11.5 Å². The summed E-state index contributed by atoms with van der Waals surface area (Å²) in [5.74, 6) is 0.139. The fourth-order valence-electron chi connectivity index (χ4n) is 2.54. The van der Waals surface area contributed by atoms with Crippen molar-refractivity contribution in [3.8, 4) is 0 Å². The molecule has 2 N–H and O–H groups in total. The van der Waals surface area contributed by atoms with Gasteiger partial charge in [0.25, 0.3) is 11.5 Å². The molecule has 0 aliphatic carbocycles. The van der Waals surface area contributed by atoms with E-state index >= 15 is 0 Å². The molecule has 5 nitrogen and oxygen atoms in total. The zero-order valence-corrected chi connectivity index (χ0v) is 15.7. The van der Waals surface area contributed by atoms with E-state index in [0.29, 0.717) is 17.2 Å². The SMILES string of the molecule is CCCCc1ccc(NC(=O)c2c(C)nc(C(C)(C)C)[nH]c2=O)cc1. The first-order chi connectivity index (χ1) is 11.7. The fourth-order valence-corrected chi connectivity index (χ4v) is 2.54. The van der Waals surface area contributed by atoms with Crippen molar-refractivity contribution in [2.24, 2.45) is 0 Å². The molecule has 0 saturated heterocycles. The van der Waals surface area contributed by atoms with Crippen LogP contribution >= 0.6 is 0 Å². The third kappa shape index (κ3) is 4.78. The molecule has 2 aromatic rings. The lowest BCUT2D eigenvalue weighted by atomic mass is 9.95. The first kappa shape index (κ1) is 18.9. The van der Waals surface area contributed by atoms with Gasteiger partial charge in [0.05, 0.1) is 5.69 Å². The van der Waals surface area contributed by atoms with Crippen molar-refractivity contribution in [2.75, 3.05) is 5.32 Å². The highest BCUT2D eigenvalue weighted by atomic mass is 16.2. The molecule has 1 aromatic carbocycles. The van der Waals surface area contributed by atoms with E-state index in [-0.39, 0.29) is 11.0 Å². The molecular weight excluding hydrogens is 314 g/mol. The third-order valence-corrected chi connectivity index (χ3v) is 4.07. The Balaban J connectivity index is 2.20. The Morgan fingerprint density at radius 2 is 1.84 bits per heavy atom. The van der Waals surface area contributed by atoms with Crippen LogP contribution in [-0.2, 0) is 11.8 Å². The molecule has 1 amide bonds. The smallest absolute Gasteiger partial charge is 0.264 e. The molecule has 0 aliphatic heterocycles. The van der Waals surface area contributed by atoms with Gasteiger partial charge in [0.1, 0.15) is 11.4 Å². The van der Waals surface area contributed by atoms with Crippen molar-refractivity contribution in [1.29, 1.82) is 0 Å². The number of anilines is 1. The van der Waals surface area contributed by atoms with E-state index in [1.54, 1.807) is 6.92 Å². The van der Waals surface area contributed by atoms with Crippen LogP contribution in [-0.4, -0.2) is 15.9 Å². The lowest BCUT2D eigenvalue weighted by Gasteiger charge is -2.18. The van der Waals surface area contributed by atoms with Gasteiger partial charge in [-0.05, 0) is 37.5 Å². The third-order valence-electron chi connectivity index (χ3n) is 4.07. The number of H-pyrrole nitrogens is 1. The second-order valence-corrected chi connectivity index (χ2v) is 7.38. The van der Waals surface area contributed by atoms with Gasteiger partial charge < -0.3 is 10.3 Å². The minimum Gasteiger partial charge on any atom is -0.322 e. The number of benzene rings is 1. The largest absolute Gasteiger partial charge is 0.322 e. The molecule has 0 bridgehead atoms. The number of amides is 1. The summed E-state index contributed by atoms with van der Waals surface area (Å²) in [7, 11) is 0. The number of aryl methyl sites for hydroxylation is 2. The zero-order valence-electron chi connectivity index (χ0n) is 15.7. The predicted molar refractivity (Wildman–Crippen MR) is 101 cm³/mol. The minimum atomic E-state index is -0.437. The van der Waals surface area contributed by atoms with Crippen LogP contribution in [0.2, 0.25) is 0 Å². The Kier molecular flexibility index (Phi) is 5.77. The molecule has 0 atom stereocenters. The van der Waals surface area contributed by atoms with Crippen LogP contribution in [0.5, 0.6) is 0 Å². The van der Waals surface area contributed by atoms with Crippen LogP contribution in [0.4, 0.5) is 5.69 Å².